The third kappa shape index (κ3) is 2.81. The van der Waals surface area contributed by atoms with E-state index in [9.17, 15) is 5.26 Å². The highest BCUT2D eigenvalue weighted by atomic mass is 35.5. The van der Waals surface area contributed by atoms with Gasteiger partial charge in [0, 0.05) is 0 Å². The average Bonchev–Trinajstić information content (AvgIpc) is 3.00. The van der Waals surface area contributed by atoms with Gasteiger partial charge in [-0.1, -0.05) is 23.7 Å². The quantitative estimate of drug-likeness (QED) is 0.858. The first-order chi connectivity index (χ1) is 10.7. The van der Waals surface area contributed by atoms with E-state index >= 15 is 0 Å². The number of benzene rings is 2. The summed E-state index contributed by atoms with van der Waals surface area (Å²) in [6.45, 7) is 0.245. The largest absolute Gasteiger partial charge is 0.495 e. The van der Waals surface area contributed by atoms with Crippen molar-refractivity contribution in [3.8, 4) is 23.3 Å². The Balaban J connectivity index is 1.83. The monoisotopic (exact) mass is 315 g/mol. The second kappa shape index (κ2) is 6.17. The van der Waals surface area contributed by atoms with Gasteiger partial charge in [-0.05, 0) is 41.8 Å². The van der Waals surface area contributed by atoms with Crippen LogP contribution in [0, 0.1) is 11.3 Å². The summed E-state index contributed by atoms with van der Waals surface area (Å²) in [5, 5.41) is 9.98. The van der Waals surface area contributed by atoms with E-state index < -0.39 is 0 Å². The van der Waals surface area contributed by atoms with Crippen LogP contribution in [-0.2, 0) is 6.42 Å². The average molecular weight is 316 g/mol. The third-order valence-electron chi connectivity index (χ3n) is 3.61. The molecule has 112 valence electrons. The Morgan fingerprint density at radius 2 is 2.05 bits per heavy atom. The van der Waals surface area contributed by atoms with Crippen LogP contribution in [0.4, 0.5) is 0 Å². The summed E-state index contributed by atoms with van der Waals surface area (Å²) in [4.78, 5) is 0. The lowest BCUT2D eigenvalue weighted by molar-refractivity contribution is 0.174. The van der Waals surface area contributed by atoms with Crippen molar-refractivity contribution in [1.29, 1.82) is 5.26 Å². The first-order valence-corrected chi connectivity index (χ1v) is 7.20. The number of hydrogen-bond acceptors (Lipinski definition) is 4. The SMILES string of the molecule is COc1ccc(C(C#N)Cc2ccc3c(c2)OCO3)cc1Cl. The zero-order valence-electron chi connectivity index (χ0n) is 12.0. The molecule has 1 aliphatic heterocycles. The van der Waals surface area contributed by atoms with Crippen molar-refractivity contribution in [3.05, 3.63) is 52.5 Å². The molecule has 0 N–H and O–H groups in total. The van der Waals surface area contributed by atoms with E-state index in [1.807, 2.05) is 24.3 Å². The van der Waals surface area contributed by atoms with Gasteiger partial charge in [0.05, 0.1) is 24.1 Å². The zero-order valence-corrected chi connectivity index (χ0v) is 12.8. The first kappa shape index (κ1) is 14.6. The molecule has 1 heterocycles. The Labute approximate surface area is 133 Å². The van der Waals surface area contributed by atoms with Crippen molar-refractivity contribution >= 4 is 11.6 Å². The molecule has 0 amide bonds. The molecule has 1 atom stereocenters. The maximum atomic E-state index is 9.47. The van der Waals surface area contributed by atoms with Crippen LogP contribution in [0.5, 0.6) is 17.2 Å². The molecule has 0 radical (unpaired) electrons. The highest BCUT2D eigenvalue weighted by Crippen LogP contribution is 2.35. The molecule has 0 aromatic heterocycles. The van der Waals surface area contributed by atoms with E-state index in [0.717, 1.165) is 22.6 Å². The summed E-state index contributed by atoms with van der Waals surface area (Å²) in [5.41, 5.74) is 1.88. The minimum absolute atomic E-state index is 0.245. The van der Waals surface area contributed by atoms with Crippen molar-refractivity contribution in [2.45, 2.75) is 12.3 Å². The number of hydrogen-bond donors (Lipinski definition) is 0. The standard InChI is InChI=1S/C17H14ClNO3/c1-20-15-5-3-12(8-14(15)18)13(9-19)6-11-2-4-16-17(7-11)22-10-21-16/h2-5,7-8,13H,6,10H2,1H3. The molecule has 3 rings (SSSR count). The molecule has 1 unspecified atom stereocenters. The summed E-state index contributed by atoms with van der Waals surface area (Å²) < 4.78 is 15.8. The highest BCUT2D eigenvalue weighted by molar-refractivity contribution is 6.32. The Morgan fingerprint density at radius 3 is 2.77 bits per heavy atom. The molecule has 0 saturated carbocycles. The van der Waals surface area contributed by atoms with Gasteiger partial charge >= 0.3 is 0 Å². The molecular weight excluding hydrogens is 302 g/mol. The fourth-order valence-corrected chi connectivity index (χ4v) is 2.71. The number of nitrogens with zero attached hydrogens (tertiary/aromatic N) is 1. The van der Waals surface area contributed by atoms with E-state index in [1.54, 1.807) is 19.2 Å². The molecule has 0 fully saturated rings. The molecule has 2 aromatic carbocycles. The Morgan fingerprint density at radius 1 is 1.23 bits per heavy atom. The van der Waals surface area contributed by atoms with Gasteiger partial charge in [-0.15, -0.1) is 0 Å². The van der Waals surface area contributed by atoms with Crippen LogP contribution in [0.15, 0.2) is 36.4 Å². The van der Waals surface area contributed by atoms with E-state index in [2.05, 4.69) is 6.07 Å². The van der Waals surface area contributed by atoms with Crippen molar-refractivity contribution in [1.82, 2.24) is 0 Å². The van der Waals surface area contributed by atoms with Crippen molar-refractivity contribution in [2.75, 3.05) is 13.9 Å². The van der Waals surface area contributed by atoms with Crippen LogP contribution in [-0.4, -0.2) is 13.9 Å². The maximum absolute atomic E-state index is 9.47. The van der Waals surface area contributed by atoms with E-state index in [4.69, 9.17) is 25.8 Å². The minimum atomic E-state index is -0.288. The Hall–Kier alpha value is -2.38. The first-order valence-electron chi connectivity index (χ1n) is 6.83. The Kier molecular flexibility index (Phi) is 4.08. The highest BCUT2D eigenvalue weighted by Gasteiger charge is 2.17. The van der Waals surface area contributed by atoms with Gasteiger partial charge in [-0.25, -0.2) is 0 Å². The van der Waals surface area contributed by atoms with Crippen molar-refractivity contribution in [2.24, 2.45) is 0 Å². The van der Waals surface area contributed by atoms with Crippen LogP contribution >= 0.6 is 11.6 Å². The molecule has 0 bridgehead atoms. The van der Waals surface area contributed by atoms with Gasteiger partial charge in [0.15, 0.2) is 11.5 Å². The van der Waals surface area contributed by atoms with Crippen LogP contribution in [0.1, 0.15) is 17.0 Å². The second-order valence-corrected chi connectivity index (χ2v) is 5.37. The molecule has 1 aliphatic rings. The third-order valence-corrected chi connectivity index (χ3v) is 3.91. The van der Waals surface area contributed by atoms with Crippen LogP contribution in [0.2, 0.25) is 5.02 Å². The molecule has 0 saturated heterocycles. The number of nitriles is 1. The molecule has 4 nitrogen and oxygen atoms in total. The van der Waals surface area contributed by atoms with Crippen molar-refractivity contribution in [3.63, 3.8) is 0 Å². The molecule has 22 heavy (non-hydrogen) atoms. The van der Waals surface area contributed by atoms with Gasteiger partial charge < -0.3 is 14.2 Å². The molecule has 2 aromatic rings. The lowest BCUT2D eigenvalue weighted by atomic mass is 9.93. The lowest BCUT2D eigenvalue weighted by Gasteiger charge is -2.12. The number of ether oxygens (including phenoxy) is 3. The summed E-state index contributed by atoms with van der Waals surface area (Å²) in [5.74, 6) is 1.78. The van der Waals surface area contributed by atoms with Gasteiger partial charge in [-0.3, -0.25) is 0 Å². The summed E-state index contributed by atoms with van der Waals surface area (Å²) >= 11 is 6.14. The molecule has 0 aliphatic carbocycles. The number of fused-ring (bicyclic) bond motifs is 1. The van der Waals surface area contributed by atoms with Gasteiger partial charge in [-0.2, -0.15) is 5.26 Å². The predicted octanol–water partition coefficient (Wildman–Crippen LogP) is 3.93. The fourth-order valence-electron chi connectivity index (χ4n) is 2.44. The van der Waals surface area contributed by atoms with E-state index in [0.29, 0.717) is 17.2 Å². The summed E-state index contributed by atoms with van der Waals surface area (Å²) in [7, 11) is 1.56. The summed E-state index contributed by atoms with van der Waals surface area (Å²) in [6, 6.07) is 13.5. The van der Waals surface area contributed by atoms with Crippen LogP contribution in [0.3, 0.4) is 0 Å². The normalized spacial score (nSPS) is 13.5. The smallest absolute Gasteiger partial charge is 0.231 e. The van der Waals surface area contributed by atoms with E-state index in [-0.39, 0.29) is 12.7 Å². The molecule has 5 heteroatoms. The predicted molar refractivity (Wildman–Crippen MR) is 82.6 cm³/mol. The minimum Gasteiger partial charge on any atom is -0.495 e. The molecular formula is C17H14ClNO3. The van der Waals surface area contributed by atoms with Crippen molar-refractivity contribution < 1.29 is 14.2 Å². The molecule has 0 spiro atoms. The maximum Gasteiger partial charge on any atom is 0.231 e. The number of halogens is 1. The Bertz CT molecular complexity index is 739. The number of rotatable bonds is 4. The topological polar surface area (TPSA) is 51.5 Å². The van der Waals surface area contributed by atoms with Crippen LogP contribution in [0.25, 0.3) is 0 Å². The van der Waals surface area contributed by atoms with Gasteiger partial charge in [0.2, 0.25) is 6.79 Å². The summed E-state index contributed by atoms with van der Waals surface area (Å²) in [6.07, 6.45) is 0.579. The van der Waals surface area contributed by atoms with Gasteiger partial charge in [0.25, 0.3) is 0 Å². The fraction of sp³-hybridized carbons (Fsp3) is 0.235. The number of methoxy groups -OCH3 is 1. The zero-order chi connectivity index (χ0) is 15.5. The van der Waals surface area contributed by atoms with Crippen LogP contribution < -0.4 is 14.2 Å². The lowest BCUT2D eigenvalue weighted by Crippen LogP contribution is -2.01. The van der Waals surface area contributed by atoms with E-state index in [1.165, 1.54) is 0 Å². The second-order valence-electron chi connectivity index (χ2n) is 4.97. The van der Waals surface area contributed by atoms with Gasteiger partial charge in [0.1, 0.15) is 5.75 Å².